The van der Waals surface area contributed by atoms with Gasteiger partial charge in [-0.1, -0.05) is 72.8 Å². The van der Waals surface area contributed by atoms with Crippen molar-refractivity contribution in [3.63, 3.8) is 0 Å². The second kappa shape index (κ2) is 10.3. The van der Waals surface area contributed by atoms with E-state index in [1.807, 2.05) is 30.3 Å². The van der Waals surface area contributed by atoms with Crippen molar-refractivity contribution in [2.45, 2.75) is 12.6 Å². The molecule has 0 bridgehead atoms. The van der Waals surface area contributed by atoms with E-state index in [2.05, 4.69) is 4.98 Å². The number of hydrogen-bond donors (Lipinski definition) is 0. The van der Waals surface area contributed by atoms with Crippen LogP contribution in [0.25, 0.3) is 22.0 Å². The Labute approximate surface area is 212 Å². The van der Waals surface area contributed by atoms with Crippen LogP contribution in [0.2, 0.25) is 0 Å². The van der Waals surface area contributed by atoms with E-state index in [9.17, 15) is 18.0 Å². The van der Waals surface area contributed by atoms with Gasteiger partial charge in [0.05, 0.1) is 17.7 Å². The smallest absolute Gasteiger partial charge is 0.416 e. The zero-order valence-electron chi connectivity index (χ0n) is 19.7. The van der Waals surface area contributed by atoms with Gasteiger partial charge in [-0.05, 0) is 41.5 Å². The van der Waals surface area contributed by atoms with Crippen LogP contribution in [0.5, 0.6) is 5.75 Å². The fourth-order valence-electron chi connectivity index (χ4n) is 4.27. The van der Waals surface area contributed by atoms with Gasteiger partial charge in [-0.2, -0.15) is 13.2 Å². The molecule has 0 radical (unpaired) electrons. The number of alkyl halides is 3. The maximum Gasteiger partial charge on any atom is 0.416 e. The number of pyridine rings is 1. The van der Waals surface area contributed by atoms with E-state index >= 15 is 0 Å². The number of fused-ring (bicyclic) bond motifs is 1. The van der Waals surface area contributed by atoms with Crippen LogP contribution in [0.1, 0.15) is 27.0 Å². The van der Waals surface area contributed by atoms with E-state index in [-0.39, 0.29) is 16.7 Å². The summed E-state index contributed by atoms with van der Waals surface area (Å²) in [5, 5.41) is 0.248. The number of ether oxygens (including phenoxy) is 1. The number of ketones is 1. The third-order valence-electron chi connectivity index (χ3n) is 6.10. The summed E-state index contributed by atoms with van der Waals surface area (Å²) < 4.78 is 46.8. The number of carbonyl (C=O) groups excluding carboxylic acids is 1. The lowest BCUT2D eigenvalue weighted by molar-refractivity contribution is -0.137. The molecule has 0 saturated heterocycles. The Morgan fingerprint density at radius 2 is 1.54 bits per heavy atom. The van der Waals surface area contributed by atoms with Crippen molar-refractivity contribution in [3.8, 4) is 16.9 Å². The minimum atomic E-state index is -4.53. The van der Waals surface area contributed by atoms with E-state index in [1.54, 1.807) is 54.6 Å². The van der Waals surface area contributed by atoms with Gasteiger partial charge >= 0.3 is 6.18 Å². The molecule has 6 heteroatoms. The van der Waals surface area contributed by atoms with E-state index in [1.165, 1.54) is 12.3 Å². The predicted octanol–water partition coefficient (Wildman–Crippen LogP) is 7.77. The Balaban J connectivity index is 1.59. The Morgan fingerprint density at radius 3 is 2.27 bits per heavy atom. The monoisotopic (exact) mass is 497 g/mol. The molecular weight excluding hydrogens is 475 g/mol. The van der Waals surface area contributed by atoms with Gasteiger partial charge in [-0.3, -0.25) is 9.78 Å². The van der Waals surface area contributed by atoms with Gasteiger partial charge in [0.2, 0.25) is 0 Å². The summed E-state index contributed by atoms with van der Waals surface area (Å²) in [5.74, 6) is 0.237. The maximum absolute atomic E-state index is 13.6. The largest absolute Gasteiger partial charge is 0.493 e. The fraction of sp³-hybridized carbons (Fsp3) is 0.0968. The van der Waals surface area contributed by atoms with Gasteiger partial charge in [-0.25, -0.2) is 0 Å². The molecule has 0 aliphatic carbocycles. The lowest BCUT2D eigenvalue weighted by atomic mass is 9.91. The number of hydrogen-bond acceptors (Lipinski definition) is 3. The molecule has 0 aliphatic heterocycles. The van der Waals surface area contributed by atoms with Crippen molar-refractivity contribution >= 4 is 16.7 Å². The van der Waals surface area contributed by atoms with Gasteiger partial charge in [0.15, 0.2) is 5.78 Å². The third kappa shape index (κ3) is 5.38. The van der Waals surface area contributed by atoms with Crippen LogP contribution >= 0.6 is 0 Å². The molecule has 37 heavy (non-hydrogen) atoms. The first-order valence-electron chi connectivity index (χ1n) is 11.8. The lowest BCUT2D eigenvalue weighted by Crippen LogP contribution is -2.08. The van der Waals surface area contributed by atoms with E-state index < -0.39 is 11.7 Å². The number of halogens is 3. The predicted molar refractivity (Wildman–Crippen MR) is 138 cm³/mol. The molecule has 3 nitrogen and oxygen atoms in total. The molecule has 1 heterocycles. The summed E-state index contributed by atoms with van der Waals surface area (Å²) in [6.07, 6.45) is -2.40. The molecular formula is C31H22F3NO2. The molecule has 0 amide bonds. The number of carbonyl (C=O) groups is 1. The van der Waals surface area contributed by atoms with E-state index in [0.717, 1.165) is 17.7 Å². The molecule has 0 spiro atoms. The zero-order valence-corrected chi connectivity index (χ0v) is 19.7. The Kier molecular flexibility index (Phi) is 6.73. The zero-order chi connectivity index (χ0) is 25.8. The highest BCUT2D eigenvalue weighted by atomic mass is 19.4. The van der Waals surface area contributed by atoms with Crippen molar-refractivity contribution < 1.29 is 22.7 Å². The van der Waals surface area contributed by atoms with Gasteiger partial charge < -0.3 is 4.74 Å². The van der Waals surface area contributed by atoms with Crippen molar-refractivity contribution in [1.29, 1.82) is 0 Å². The summed E-state index contributed by atoms with van der Waals surface area (Å²) in [5.41, 5.74) is 2.30. The van der Waals surface area contributed by atoms with Crippen LogP contribution < -0.4 is 4.74 Å². The van der Waals surface area contributed by atoms with Gasteiger partial charge in [0.25, 0.3) is 0 Å². The number of benzene rings is 4. The average molecular weight is 498 g/mol. The van der Waals surface area contributed by atoms with Crippen molar-refractivity contribution in [2.24, 2.45) is 0 Å². The summed E-state index contributed by atoms with van der Waals surface area (Å²) in [6, 6.07) is 29.0. The molecule has 1 aromatic heterocycles. The van der Waals surface area contributed by atoms with Gasteiger partial charge in [0, 0.05) is 34.7 Å². The first kappa shape index (κ1) is 24.3. The molecule has 5 aromatic rings. The van der Waals surface area contributed by atoms with E-state index in [4.69, 9.17) is 4.74 Å². The van der Waals surface area contributed by atoms with Crippen LogP contribution in [0.4, 0.5) is 13.2 Å². The van der Waals surface area contributed by atoms with Crippen LogP contribution in [0.15, 0.2) is 109 Å². The highest BCUT2D eigenvalue weighted by Crippen LogP contribution is 2.38. The SMILES string of the molecule is O=C(c1ccccc1)c1cnc2ccc(C(F)(F)F)cc2c1-c1cccc(OCCc2ccccc2)c1. The van der Waals surface area contributed by atoms with E-state index in [0.29, 0.717) is 41.0 Å². The molecule has 0 fully saturated rings. The molecule has 5 rings (SSSR count). The highest BCUT2D eigenvalue weighted by Gasteiger charge is 2.31. The molecule has 4 aromatic carbocycles. The normalized spacial score (nSPS) is 11.4. The summed E-state index contributed by atoms with van der Waals surface area (Å²) >= 11 is 0. The topological polar surface area (TPSA) is 39.2 Å². The molecule has 0 aliphatic rings. The van der Waals surface area contributed by atoms with Crippen molar-refractivity contribution in [2.75, 3.05) is 6.61 Å². The number of nitrogens with zero attached hydrogens (tertiary/aromatic N) is 1. The van der Waals surface area contributed by atoms with Gasteiger partial charge in [-0.15, -0.1) is 0 Å². The summed E-state index contributed by atoms with van der Waals surface area (Å²) in [4.78, 5) is 17.8. The van der Waals surface area contributed by atoms with Crippen LogP contribution in [0.3, 0.4) is 0 Å². The number of rotatable bonds is 7. The van der Waals surface area contributed by atoms with Crippen LogP contribution in [0, 0.1) is 0 Å². The summed E-state index contributed by atoms with van der Waals surface area (Å²) in [7, 11) is 0. The first-order chi connectivity index (χ1) is 17.9. The first-order valence-corrected chi connectivity index (χ1v) is 11.8. The third-order valence-corrected chi connectivity index (χ3v) is 6.10. The minimum absolute atomic E-state index is 0.222. The molecule has 184 valence electrons. The average Bonchev–Trinajstić information content (AvgIpc) is 2.92. The lowest BCUT2D eigenvalue weighted by Gasteiger charge is -2.15. The standard InChI is InChI=1S/C31H22F3NO2/c32-31(33,34)24-14-15-28-26(19-24)29(27(20-35-28)30(36)22-10-5-2-6-11-22)23-12-7-13-25(18-23)37-17-16-21-8-3-1-4-9-21/h1-15,18-20H,16-17H2. The quantitative estimate of drug-likeness (QED) is 0.216. The Bertz CT molecular complexity index is 1550. The molecule has 0 unspecified atom stereocenters. The molecule has 0 N–H and O–H groups in total. The molecule has 0 saturated carbocycles. The second-order valence-electron chi connectivity index (χ2n) is 8.58. The van der Waals surface area contributed by atoms with Crippen LogP contribution in [-0.2, 0) is 12.6 Å². The number of aromatic nitrogens is 1. The summed E-state index contributed by atoms with van der Waals surface area (Å²) in [6.45, 7) is 0.429. The fourth-order valence-corrected chi connectivity index (χ4v) is 4.27. The maximum atomic E-state index is 13.6. The molecule has 0 atom stereocenters. The highest BCUT2D eigenvalue weighted by molar-refractivity contribution is 6.16. The second-order valence-corrected chi connectivity index (χ2v) is 8.58. The van der Waals surface area contributed by atoms with Gasteiger partial charge in [0.1, 0.15) is 5.75 Å². The van der Waals surface area contributed by atoms with Crippen LogP contribution in [-0.4, -0.2) is 17.4 Å². The Hall–Kier alpha value is -4.45. The minimum Gasteiger partial charge on any atom is -0.493 e. The van der Waals surface area contributed by atoms with Crippen molar-refractivity contribution in [1.82, 2.24) is 4.98 Å². The Morgan fingerprint density at radius 1 is 0.811 bits per heavy atom. The van der Waals surface area contributed by atoms with Crippen molar-refractivity contribution in [3.05, 3.63) is 132 Å².